The van der Waals surface area contributed by atoms with E-state index >= 15 is 0 Å². The summed E-state index contributed by atoms with van der Waals surface area (Å²) in [4.78, 5) is 12.3. The highest BCUT2D eigenvalue weighted by Gasteiger charge is 2.16. The first kappa shape index (κ1) is 22.5. The fourth-order valence-corrected chi connectivity index (χ4v) is 3.02. The SMILES string of the molecule is CC(C)Oc1cccc(CNC(=O)[C@H](C)Oc2ccc(N(C)S(C)(=O)=O)cc2)c1. The molecule has 8 heteroatoms. The number of benzene rings is 2. The Kier molecular flexibility index (Phi) is 7.50. The van der Waals surface area contributed by atoms with Crippen molar-refractivity contribution >= 4 is 21.6 Å². The van der Waals surface area contributed by atoms with E-state index < -0.39 is 16.1 Å². The van der Waals surface area contributed by atoms with Crippen molar-refractivity contribution in [1.29, 1.82) is 0 Å². The van der Waals surface area contributed by atoms with Crippen LogP contribution < -0.4 is 19.1 Å². The van der Waals surface area contributed by atoms with E-state index in [-0.39, 0.29) is 12.0 Å². The number of carbonyl (C=O) groups is 1. The van der Waals surface area contributed by atoms with Crippen molar-refractivity contribution in [3.63, 3.8) is 0 Å². The maximum Gasteiger partial charge on any atom is 0.261 e. The molecule has 2 aromatic rings. The van der Waals surface area contributed by atoms with Crippen LogP contribution in [0, 0.1) is 0 Å². The Balaban J connectivity index is 1.91. The number of rotatable bonds is 9. The molecular weight excluding hydrogens is 392 g/mol. The maximum absolute atomic E-state index is 12.3. The molecule has 0 unspecified atom stereocenters. The lowest BCUT2D eigenvalue weighted by Crippen LogP contribution is -2.35. The van der Waals surface area contributed by atoms with Crippen molar-refractivity contribution in [3.8, 4) is 11.5 Å². The highest BCUT2D eigenvalue weighted by Crippen LogP contribution is 2.21. The van der Waals surface area contributed by atoms with Crippen molar-refractivity contribution in [2.45, 2.75) is 39.5 Å². The summed E-state index contributed by atoms with van der Waals surface area (Å²) in [6.45, 7) is 5.93. The summed E-state index contributed by atoms with van der Waals surface area (Å²) in [5.41, 5.74) is 1.44. The van der Waals surface area contributed by atoms with Gasteiger partial charge in [-0.05, 0) is 62.7 Å². The van der Waals surface area contributed by atoms with Crippen LogP contribution >= 0.6 is 0 Å². The van der Waals surface area contributed by atoms with Crippen LogP contribution in [-0.4, -0.2) is 39.8 Å². The molecule has 29 heavy (non-hydrogen) atoms. The average molecular weight is 421 g/mol. The Morgan fingerprint density at radius 1 is 1.03 bits per heavy atom. The minimum atomic E-state index is -3.33. The molecular formula is C21H28N2O5S. The van der Waals surface area contributed by atoms with Crippen LogP contribution in [-0.2, 0) is 21.4 Å². The van der Waals surface area contributed by atoms with Crippen molar-refractivity contribution in [2.24, 2.45) is 0 Å². The standard InChI is InChI=1S/C21H28N2O5S/c1-15(2)27-20-8-6-7-17(13-20)14-22-21(24)16(3)28-19-11-9-18(10-12-19)23(4)29(5,25)26/h6-13,15-16H,14H2,1-5H3,(H,22,24)/t16-/m0/s1. The maximum atomic E-state index is 12.3. The average Bonchev–Trinajstić information content (AvgIpc) is 2.65. The van der Waals surface area contributed by atoms with Gasteiger partial charge in [-0.3, -0.25) is 9.10 Å². The van der Waals surface area contributed by atoms with Crippen molar-refractivity contribution in [2.75, 3.05) is 17.6 Å². The Bertz CT molecular complexity index is 926. The van der Waals surface area contributed by atoms with Gasteiger partial charge in [0.1, 0.15) is 11.5 Å². The number of ether oxygens (including phenoxy) is 2. The Morgan fingerprint density at radius 3 is 2.28 bits per heavy atom. The molecule has 0 radical (unpaired) electrons. The van der Waals surface area contributed by atoms with Gasteiger partial charge in [-0.1, -0.05) is 12.1 Å². The Morgan fingerprint density at radius 2 is 1.69 bits per heavy atom. The molecule has 0 aliphatic heterocycles. The van der Waals surface area contributed by atoms with Crippen LogP contribution in [0.1, 0.15) is 26.3 Å². The zero-order valence-electron chi connectivity index (χ0n) is 17.4. The number of carbonyl (C=O) groups excluding carboxylic acids is 1. The molecule has 0 heterocycles. The number of amides is 1. The van der Waals surface area contributed by atoms with Gasteiger partial charge in [-0.15, -0.1) is 0 Å². The number of hydrogen-bond donors (Lipinski definition) is 1. The molecule has 0 aliphatic rings. The van der Waals surface area contributed by atoms with E-state index in [2.05, 4.69) is 5.32 Å². The predicted octanol–water partition coefficient (Wildman–Crippen LogP) is 2.95. The van der Waals surface area contributed by atoms with E-state index in [1.54, 1.807) is 31.2 Å². The fraction of sp³-hybridized carbons (Fsp3) is 0.381. The lowest BCUT2D eigenvalue weighted by Gasteiger charge is -2.18. The van der Waals surface area contributed by atoms with Gasteiger partial charge in [0.25, 0.3) is 5.91 Å². The van der Waals surface area contributed by atoms with E-state index in [1.807, 2.05) is 38.1 Å². The monoisotopic (exact) mass is 420 g/mol. The van der Waals surface area contributed by atoms with Gasteiger partial charge >= 0.3 is 0 Å². The summed E-state index contributed by atoms with van der Waals surface area (Å²) < 4.78 is 35.6. The van der Waals surface area contributed by atoms with Crippen LogP contribution in [0.5, 0.6) is 11.5 Å². The largest absolute Gasteiger partial charge is 0.491 e. The molecule has 2 aromatic carbocycles. The van der Waals surface area contributed by atoms with Gasteiger partial charge in [-0.25, -0.2) is 8.42 Å². The van der Waals surface area contributed by atoms with E-state index in [9.17, 15) is 13.2 Å². The van der Waals surface area contributed by atoms with E-state index in [0.717, 1.165) is 17.6 Å². The number of nitrogens with one attached hydrogen (secondary N) is 1. The molecule has 1 atom stereocenters. The first-order valence-electron chi connectivity index (χ1n) is 9.30. The topological polar surface area (TPSA) is 84.9 Å². The quantitative estimate of drug-likeness (QED) is 0.674. The van der Waals surface area contributed by atoms with Gasteiger partial charge in [0.05, 0.1) is 18.0 Å². The number of nitrogens with zero attached hydrogens (tertiary/aromatic N) is 1. The molecule has 0 aromatic heterocycles. The molecule has 7 nitrogen and oxygen atoms in total. The number of sulfonamides is 1. The lowest BCUT2D eigenvalue weighted by molar-refractivity contribution is -0.127. The van der Waals surface area contributed by atoms with Crippen molar-refractivity contribution in [3.05, 3.63) is 54.1 Å². The Hall–Kier alpha value is -2.74. The zero-order chi connectivity index (χ0) is 21.6. The minimum absolute atomic E-state index is 0.0804. The first-order chi connectivity index (χ1) is 13.6. The minimum Gasteiger partial charge on any atom is -0.491 e. The summed E-state index contributed by atoms with van der Waals surface area (Å²) in [5, 5.41) is 2.84. The third-order valence-corrected chi connectivity index (χ3v) is 5.32. The molecule has 0 aliphatic carbocycles. The van der Waals surface area contributed by atoms with Gasteiger partial charge in [0.2, 0.25) is 10.0 Å². The smallest absolute Gasteiger partial charge is 0.261 e. The zero-order valence-corrected chi connectivity index (χ0v) is 18.2. The second kappa shape index (κ2) is 9.65. The molecule has 158 valence electrons. The fourth-order valence-electron chi connectivity index (χ4n) is 2.52. The normalized spacial score (nSPS) is 12.3. The second-order valence-corrected chi connectivity index (χ2v) is 9.03. The van der Waals surface area contributed by atoms with Crippen LogP contribution in [0.25, 0.3) is 0 Å². The first-order valence-corrected chi connectivity index (χ1v) is 11.1. The van der Waals surface area contributed by atoms with Crippen molar-refractivity contribution < 1.29 is 22.7 Å². The summed E-state index contributed by atoms with van der Waals surface area (Å²) in [7, 11) is -1.85. The van der Waals surface area contributed by atoms with Gasteiger partial charge in [0, 0.05) is 13.6 Å². The van der Waals surface area contributed by atoms with Crippen LogP contribution in [0.15, 0.2) is 48.5 Å². The number of hydrogen-bond acceptors (Lipinski definition) is 5. The highest BCUT2D eigenvalue weighted by atomic mass is 32.2. The van der Waals surface area contributed by atoms with Crippen LogP contribution in [0.4, 0.5) is 5.69 Å². The predicted molar refractivity (Wildman–Crippen MR) is 114 cm³/mol. The lowest BCUT2D eigenvalue weighted by atomic mass is 10.2. The second-order valence-electron chi connectivity index (χ2n) is 7.02. The molecule has 0 saturated carbocycles. The highest BCUT2D eigenvalue weighted by molar-refractivity contribution is 7.92. The summed E-state index contributed by atoms with van der Waals surface area (Å²) in [6.07, 6.45) is 0.509. The third-order valence-electron chi connectivity index (χ3n) is 4.12. The summed E-state index contributed by atoms with van der Waals surface area (Å²) in [5.74, 6) is 0.985. The van der Waals surface area contributed by atoms with E-state index in [4.69, 9.17) is 9.47 Å². The van der Waals surface area contributed by atoms with Gasteiger partial charge < -0.3 is 14.8 Å². The number of anilines is 1. The molecule has 1 amide bonds. The van der Waals surface area contributed by atoms with E-state index in [0.29, 0.717) is 18.0 Å². The third kappa shape index (κ3) is 6.98. The molecule has 0 spiro atoms. The van der Waals surface area contributed by atoms with Crippen LogP contribution in [0.3, 0.4) is 0 Å². The van der Waals surface area contributed by atoms with Gasteiger partial charge in [-0.2, -0.15) is 0 Å². The molecule has 0 saturated heterocycles. The summed E-state index contributed by atoms with van der Waals surface area (Å²) >= 11 is 0. The van der Waals surface area contributed by atoms with Crippen LogP contribution in [0.2, 0.25) is 0 Å². The molecule has 0 bridgehead atoms. The molecule has 2 rings (SSSR count). The summed E-state index contributed by atoms with van der Waals surface area (Å²) in [6, 6.07) is 14.1. The molecule has 1 N–H and O–H groups in total. The van der Waals surface area contributed by atoms with Gasteiger partial charge in [0.15, 0.2) is 6.10 Å². The van der Waals surface area contributed by atoms with Crippen molar-refractivity contribution in [1.82, 2.24) is 5.32 Å². The van der Waals surface area contributed by atoms with E-state index in [1.165, 1.54) is 11.4 Å². The molecule has 0 fully saturated rings. The Labute approximate surface area is 172 Å².